The number of nitrogens with zero attached hydrogens (tertiary/aromatic N) is 6. The minimum atomic E-state index is 0.0951. The van der Waals surface area contributed by atoms with Crippen molar-refractivity contribution in [1.82, 2.24) is 30.0 Å². The average Bonchev–Trinajstić information content (AvgIpc) is 3.22. The molecule has 29 heavy (non-hydrogen) atoms. The lowest BCUT2D eigenvalue weighted by molar-refractivity contribution is 0.0623. The highest BCUT2D eigenvalue weighted by Gasteiger charge is 2.24. The molecule has 1 amide bonds. The molecule has 0 unspecified atom stereocenters. The number of amides is 1. The van der Waals surface area contributed by atoms with Gasteiger partial charge in [-0.3, -0.25) is 9.69 Å². The number of benzene rings is 2. The minimum absolute atomic E-state index is 0.0951. The van der Waals surface area contributed by atoms with Gasteiger partial charge in [-0.15, -0.1) is 5.10 Å². The Kier molecular flexibility index (Phi) is 6.05. The van der Waals surface area contributed by atoms with Gasteiger partial charge in [-0.2, -0.15) is 4.68 Å². The molecule has 0 radical (unpaired) electrons. The smallest absolute Gasteiger partial charge is 0.255 e. The zero-order valence-electron chi connectivity index (χ0n) is 16.0. The van der Waals surface area contributed by atoms with Gasteiger partial charge in [0.1, 0.15) is 5.75 Å². The Morgan fingerprint density at radius 1 is 1.07 bits per heavy atom. The van der Waals surface area contributed by atoms with E-state index in [9.17, 15) is 4.79 Å². The molecule has 1 aromatic heterocycles. The number of carbonyl (C=O) groups is 1. The van der Waals surface area contributed by atoms with Gasteiger partial charge in [0.15, 0.2) is 5.82 Å². The highest BCUT2D eigenvalue weighted by atomic mass is 127. The number of rotatable bonds is 5. The first kappa shape index (κ1) is 19.8. The van der Waals surface area contributed by atoms with Crippen molar-refractivity contribution in [3.63, 3.8) is 0 Å². The Morgan fingerprint density at radius 3 is 2.48 bits per heavy atom. The second kappa shape index (κ2) is 8.87. The normalized spacial score (nSPS) is 14.8. The number of hydrogen-bond donors (Lipinski definition) is 0. The van der Waals surface area contributed by atoms with Crippen LogP contribution in [0.15, 0.2) is 48.5 Å². The second-order valence-electron chi connectivity index (χ2n) is 6.75. The first-order valence-corrected chi connectivity index (χ1v) is 10.4. The van der Waals surface area contributed by atoms with Crippen molar-refractivity contribution in [2.75, 3.05) is 33.3 Å². The van der Waals surface area contributed by atoms with Crippen molar-refractivity contribution in [2.45, 2.75) is 6.54 Å². The average molecular weight is 504 g/mol. The molecule has 0 N–H and O–H groups in total. The number of aromatic nitrogens is 4. The topological polar surface area (TPSA) is 76.4 Å². The van der Waals surface area contributed by atoms with Crippen LogP contribution in [0.25, 0.3) is 5.69 Å². The van der Waals surface area contributed by atoms with Gasteiger partial charge in [-0.25, -0.2) is 0 Å². The van der Waals surface area contributed by atoms with Gasteiger partial charge < -0.3 is 9.64 Å². The van der Waals surface area contributed by atoms with Crippen LogP contribution in [0.4, 0.5) is 0 Å². The minimum Gasteiger partial charge on any atom is -0.497 e. The predicted octanol–water partition coefficient (Wildman–Crippen LogP) is 2.23. The predicted molar refractivity (Wildman–Crippen MR) is 116 cm³/mol. The Morgan fingerprint density at radius 2 is 1.79 bits per heavy atom. The van der Waals surface area contributed by atoms with E-state index in [1.807, 2.05) is 53.4 Å². The van der Waals surface area contributed by atoms with E-state index >= 15 is 0 Å². The molecule has 1 aliphatic heterocycles. The van der Waals surface area contributed by atoms with Crippen LogP contribution in [-0.2, 0) is 6.54 Å². The summed E-state index contributed by atoms with van der Waals surface area (Å²) in [6.45, 7) is 3.57. The van der Waals surface area contributed by atoms with Gasteiger partial charge in [0, 0.05) is 29.7 Å². The quantitative estimate of drug-likeness (QED) is 0.497. The van der Waals surface area contributed by atoms with Gasteiger partial charge in [0.25, 0.3) is 5.91 Å². The summed E-state index contributed by atoms with van der Waals surface area (Å²) in [5.74, 6) is 1.66. The zero-order valence-corrected chi connectivity index (χ0v) is 18.2. The molecule has 8 nitrogen and oxygen atoms in total. The summed E-state index contributed by atoms with van der Waals surface area (Å²) in [5.41, 5.74) is 1.66. The second-order valence-corrected chi connectivity index (χ2v) is 7.92. The molecule has 1 aliphatic rings. The molecular weight excluding hydrogens is 483 g/mol. The fraction of sp³-hybridized carbons (Fsp3) is 0.300. The zero-order chi connectivity index (χ0) is 20.2. The van der Waals surface area contributed by atoms with E-state index in [0.29, 0.717) is 19.6 Å². The van der Waals surface area contributed by atoms with Crippen molar-refractivity contribution < 1.29 is 9.53 Å². The maximum Gasteiger partial charge on any atom is 0.255 e. The van der Waals surface area contributed by atoms with E-state index in [0.717, 1.165) is 39.5 Å². The number of tetrazole rings is 1. The monoisotopic (exact) mass is 504 g/mol. The summed E-state index contributed by atoms with van der Waals surface area (Å²) in [5, 5.41) is 12.2. The van der Waals surface area contributed by atoms with Crippen LogP contribution in [0.5, 0.6) is 5.75 Å². The van der Waals surface area contributed by atoms with Crippen LogP contribution in [0.2, 0.25) is 0 Å². The van der Waals surface area contributed by atoms with Gasteiger partial charge in [-0.05, 0) is 69.4 Å². The maximum absolute atomic E-state index is 12.8. The molecule has 2 aromatic carbocycles. The molecule has 0 spiro atoms. The van der Waals surface area contributed by atoms with Crippen molar-refractivity contribution in [1.29, 1.82) is 0 Å². The fourth-order valence-electron chi connectivity index (χ4n) is 3.34. The Hall–Kier alpha value is -2.53. The highest BCUT2D eigenvalue weighted by molar-refractivity contribution is 14.1. The van der Waals surface area contributed by atoms with Crippen LogP contribution in [-0.4, -0.2) is 69.2 Å². The summed E-state index contributed by atoms with van der Waals surface area (Å²) in [7, 11) is 1.64. The lowest BCUT2D eigenvalue weighted by atomic mass is 10.2. The summed E-state index contributed by atoms with van der Waals surface area (Å²) >= 11 is 2.21. The lowest BCUT2D eigenvalue weighted by Gasteiger charge is -2.34. The lowest BCUT2D eigenvalue weighted by Crippen LogP contribution is -2.48. The molecule has 1 fully saturated rings. The Labute approximate surface area is 182 Å². The third-order valence-electron chi connectivity index (χ3n) is 4.98. The third-order valence-corrected chi connectivity index (χ3v) is 5.92. The number of hydrogen-bond acceptors (Lipinski definition) is 6. The summed E-state index contributed by atoms with van der Waals surface area (Å²) in [4.78, 5) is 17.0. The van der Waals surface area contributed by atoms with Crippen molar-refractivity contribution in [3.8, 4) is 11.4 Å². The molecule has 4 rings (SSSR count). The van der Waals surface area contributed by atoms with Crippen molar-refractivity contribution in [2.24, 2.45) is 0 Å². The van der Waals surface area contributed by atoms with E-state index < -0.39 is 0 Å². The highest BCUT2D eigenvalue weighted by Crippen LogP contribution is 2.18. The van der Waals surface area contributed by atoms with Crippen LogP contribution < -0.4 is 4.74 Å². The van der Waals surface area contributed by atoms with E-state index in [-0.39, 0.29) is 5.91 Å². The molecule has 0 bridgehead atoms. The van der Waals surface area contributed by atoms with Crippen LogP contribution in [0.3, 0.4) is 0 Å². The van der Waals surface area contributed by atoms with Gasteiger partial charge >= 0.3 is 0 Å². The first-order valence-electron chi connectivity index (χ1n) is 9.33. The van der Waals surface area contributed by atoms with E-state index in [2.05, 4.69) is 43.0 Å². The summed E-state index contributed by atoms with van der Waals surface area (Å²) < 4.78 is 7.93. The molecule has 0 aliphatic carbocycles. The third kappa shape index (κ3) is 4.40. The van der Waals surface area contributed by atoms with Gasteiger partial charge in [0.05, 0.1) is 24.9 Å². The molecule has 3 aromatic rings. The standard InChI is InChI=1S/C20H21IN6O2/c1-29-16-8-6-15(7-9-16)27-19(22-23-24-27)14-25-10-12-26(13-11-25)20(28)17-4-2-3-5-18(17)21/h2-9H,10-14H2,1H3. The maximum atomic E-state index is 12.8. The van der Waals surface area contributed by atoms with E-state index in [1.165, 1.54) is 0 Å². The number of piperazine rings is 1. The number of ether oxygens (including phenoxy) is 1. The Balaban J connectivity index is 1.39. The van der Waals surface area contributed by atoms with Crippen molar-refractivity contribution >= 4 is 28.5 Å². The molecule has 2 heterocycles. The fourth-order valence-corrected chi connectivity index (χ4v) is 3.96. The van der Waals surface area contributed by atoms with Gasteiger partial charge in [-0.1, -0.05) is 12.1 Å². The van der Waals surface area contributed by atoms with E-state index in [1.54, 1.807) is 11.8 Å². The SMILES string of the molecule is COc1ccc(-n2nnnc2CN2CCN(C(=O)c3ccccc3I)CC2)cc1. The molecule has 150 valence electrons. The Bertz CT molecular complexity index is 983. The molecule has 1 saturated heterocycles. The van der Waals surface area contributed by atoms with Crippen LogP contribution in [0, 0.1) is 3.57 Å². The molecule has 9 heteroatoms. The molecular formula is C20H21IN6O2. The number of halogens is 1. The summed E-state index contributed by atoms with van der Waals surface area (Å²) in [6.07, 6.45) is 0. The number of methoxy groups -OCH3 is 1. The van der Waals surface area contributed by atoms with Crippen molar-refractivity contribution in [3.05, 3.63) is 63.5 Å². The summed E-state index contributed by atoms with van der Waals surface area (Å²) in [6, 6.07) is 15.3. The van der Waals surface area contributed by atoms with Crippen LogP contribution >= 0.6 is 22.6 Å². The van der Waals surface area contributed by atoms with Gasteiger partial charge in [0.2, 0.25) is 0 Å². The molecule has 0 saturated carbocycles. The largest absolute Gasteiger partial charge is 0.497 e. The molecule has 0 atom stereocenters. The first-order chi connectivity index (χ1) is 14.2. The van der Waals surface area contributed by atoms with Crippen LogP contribution in [0.1, 0.15) is 16.2 Å². The van der Waals surface area contributed by atoms with E-state index in [4.69, 9.17) is 4.74 Å². The number of carbonyl (C=O) groups excluding carboxylic acids is 1.